The van der Waals surface area contributed by atoms with Crippen molar-refractivity contribution in [3.8, 4) is 11.5 Å². The molecular weight excluding hydrogens is 524 g/mol. The van der Waals surface area contributed by atoms with E-state index in [1.807, 2.05) is 6.92 Å². The lowest BCUT2D eigenvalue weighted by atomic mass is 10.1. The van der Waals surface area contributed by atoms with Gasteiger partial charge in [0.1, 0.15) is 46.2 Å². The molecule has 0 radical (unpaired) electrons. The number of sulfonamides is 1. The largest absolute Gasteiger partial charge is 0.486 e. The van der Waals surface area contributed by atoms with Crippen molar-refractivity contribution >= 4 is 27.4 Å². The molecule has 0 saturated heterocycles. The van der Waals surface area contributed by atoms with E-state index in [1.54, 1.807) is 18.2 Å². The van der Waals surface area contributed by atoms with Gasteiger partial charge >= 0.3 is 0 Å². The predicted molar refractivity (Wildman–Crippen MR) is 123 cm³/mol. The highest BCUT2D eigenvalue weighted by molar-refractivity contribution is 7.92. The second-order valence-electron chi connectivity index (χ2n) is 8.64. The van der Waals surface area contributed by atoms with Crippen LogP contribution in [0.25, 0.3) is 0 Å². The summed E-state index contributed by atoms with van der Waals surface area (Å²) in [7, 11) is -5.11. The zero-order valence-corrected chi connectivity index (χ0v) is 20.3. The maximum absolute atomic E-state index is 14.8. The zero-order valence-electron chi connectivity index (χ0n) is 18.7. The molecule has 6 nitrogen and oxygen atoms in total. The van der Waals surface area contributed by atoms with Gasteiger partial charge in [-0.25, -0.2) is 30.9 Å². The highest BCUT2D eigenvalue weighted by atomic mass is 35.5. The Labute approximate surface area is 209 Å². The van der Waals surface area contributed by atoms with E-state index in [9.17, 15) is 26.0 Å². The molecule has 0 N–H and O–H groups in total. The normalized spacial score (nSPS) is 19.3. The van der Waals surface area contributed by atoms with E-state index in [-0.39, 0.29) is 24.0 Å². The first-order valence-corrected chi connectivity index (χ1v) is 12.8. The summed E-state index contributed by atoms with van der Waals surface area (Å²) < 4.78 is 96.9. The van der Waals surface area contributed by atoms with E-state index in [2.05, 4.69) is 4.98 Å². The third-order valence-corrected chi connectivity index (χ3v) is 8.20. The van der Waals surface area contributed by atoms with Crippen LogP contribution in [0.2, 0.25) is 5.02 Å². The molecule has 190 valence electrons. The van der Waals surface area contributed by atoms with Gasteiger partial charge in [0.2, 0.25) is 5.95 Å². The summed E-state index contributed by atoms with van der Waals surface area (Å²) in [6.07, 6.45) is 1.47. The number of anilines is 1. The Bertz CT molecular complexity index is 1450. The molecule has 1 aliphatic carbocycles. The smallest absolute Gasteiger partial charge is 0.271 e. The first-order valence-electron chi connectivity index (χ1n) is 11.0. The Balaban J connectivity index is 1.59. The lowest BCUT2D eigenvalue weighted by Gasteiger charge is -2.26. The van der Waals surface area contributed by atoms with Gasteiger partial charge in [-0.3, -0.25) is 0 Å². The first kappa shape index (κ1) is 24.6. The lowest BCUT2D eigenvalue weighted by Crippen LogP contribution is -2.35. The van der Waals surface area contributed by atoms with Crippen LogP contribution in [0.5, 0.6) is 11.5 Å². The van der Waals surface area contributed by atoms with Crippen LogP contribution in [0.1, 0.15) is 25.3 Å². The fourth-order valence-electron chi connectivity index (χ4n) is 4.15. The molecule has 1 fully saturated rings. The minimum absolute atomic E-state index is 0.165. The fourth-order valence-corrected chi connectivity index (χ4v) is 5.87. The van der Waals surface area contributed by atoms with Gasteiger partial charge in [0.25, 0.3) is 10.0 Å². The Morgan fingerprint density at radius 2 is 1.81 bits per heavy atom. The predicted octanol–water partition coefficient (Wildman–Crippen LogP) is 5.63. The maximum atomic E-state index is 14.8. The lowest BCUT2D eigenvalue weighted by molar-refractivity contribution is 0.0601. The Hall–Kier alpha value is -3.05. The first-order chi connectivity index (χ1) is 17.1. The molecule has 0 spiro atoms. The highest BCUT2D eigenvalue weighted by Crippen LogP contribution is 2.41. The topological polar surface area (TPSA) is 68.7 Å². The third kappa shape index (κ3) is 4.45. The van der Waals surface area contributed by atoms with Gasteiger partial charge in [0, 0.05) is 17.7 Å². The molecule has 12 heteroatoms. The van der Waals surface area contributed by atoms with Crippen LogP contribution < -0.4 is 13.8 Å². The van der Waals surface area contributed by atoms with Gasteiger partial charge in [0.15, 0.2) is 10.7 Å². The van der Waals surface area contributed by atoms with Crippen molar-refractivity contribution in [1.82, 2.24) is 4.98 Å². The monoisotopic (exact) mass is 542 g/mol. The van der Waals surface area contributed by atoms with Gasteiger partial charge < -0.3 is 9.47 Å². The molecule has 36 heavy (non-hydrogen) atoms. The van der Waals surface area contributed by atoms with Crippen molar-refractivity contribution in [2.24, 2.45) is 5.92 Å². The Kier molecular flexibility index (Phi) is 6.24. The summed E-state index contributed by atoms with van der Waals surface area (Å²) in [5.74, 6) is -5.30. The minimum Gasteiger partial charge on any atom is -0.486 e. The molecule has 2 atom stereocenters. The molecule has 0 amide bonds. The number of hydrogen-bond donors (Lipinski definition) is 0. The zero-order chi connectivity index (χ0) is 25.8. The number of halogens is 5. The third-order valence-electron chi connectivity index (χ3n) is 6.06. The van der Waals surface area contributed by atoms with Gasteiger partial charge in [-0.1, -0.05) is 17.7 Å². The van der Waals surface area contributed by atoms with Crippen molar-refractivity contribution in [3.63, 3.8) is 0 Å². The molecule has 1 aromatic heterocycles. The van der Waals surface area contributed by atoms with E-state index < -0.39 is 55.7 Å². The van der Waals surface area contributed by atoms with E-state index >= 15 is 0 Å². The van der Waals surface area contributed by atoms with Crippen molar-refractivity contribution in [3.05, 3.63) is 76.5 Å². The molecule has 1 aliphatic heterocycles. The number of ether oxygens (including phenoxy) is 2. The second kappa shape index (κ2) is 9.11. The van der Waals surface area contributed by atoms with Crippen molar-refractivity contribution < 1.29 is 35.5 Å². The number of nitrogens with zero attached hydrogens (tertiary/aromatic N) is 2. The van der Waals surface area contributed by atoms with Crippen LogP contribution in [0.3, 0.4) is 0 Å². The number of aromatic nitrogens is 1. The summed E-state index contributed by atoms with van der Waals surface area (Å²) in [6.45, 7) is 1.29. The Morgan fingerprint density at radius 3 is 2.50 bits per heavy atom. The summed E-state index contributed by atoms with van der Waals surface area (Å²) in [5.41, 5.74) is 0.300. The van der Waals surface area contributed by atoms with E-state index in [0.717, 1.165) is 25.0 Å². The van der Waals surface area contributed by atoms with Gasteiger partial charge in [0.05, 0.1) is 6.54 Å². The number of pyridine rings is 1. The Morgan fingerprint density at radius 1 is 1.06 bits per heavy atom. The highest BCUT2D eigenvalue weighted by Gasteiger charge is 2.40. The molecule has 2 heterocycles. The number of fused-ring (bicyclic) bond motifs is 2. The molecule has 1 saturated carbocycles. The van der Waals surface area contributed by atoms with Crippen molar-refractivity contribution in [2.75, 3.05) is 4.31 Å². The molecule has 5 rings (SSSR count). The summed E-state index contributed by atoms with van der Waals surface area (Å²) in [4.78, 5) is 2.10. The van der Waals surface area contributed by atoms with Gasteiger partial charge in [-0.15, -0.1) is 0 Å². The number of rotatable bonds is 6. The average molecular weight is 543 g/mol. The van der Waals surface area contributed by atoms with E-state index in [1.165, 1.54) is 6.07 Å². The van der Waals surface area contributed by atoms with Gasteiger partial charge in [-0.2, -0.15) is 4.39 Å². The summed E-state index contributed by atoms with van der Waals surface area (Å²) >= 11 is 5.54. The molecular formula is C24H19ClF4N2O4S. The van der Waals surface area contributed by atoms with Crippen LogP contribution in [-0.4, -0.2) is 25.6 Å². The van der Waals surface area contributed by atoms with E-state index in [0.29, 0.717) is 21.5 Å². The SMILES string of the molecule is CC1Oc2cc(ccc2CN(c2cccc(F)n2)S(=O)(=O)c2c(F)cc(F)c(Cl)c2F)OC1C1CC1. The van der Waals surface area contributed by atoms with Crippen LogP contribution in [0, 0.1) is 29.3 Å². The fraction of sp³-hybridized carbons (Fsp3) is 0.292. The quantitative estimate of drug-likeness (QED) is 0.175. The summed E-state index contributed by atoms with van der Waals surface area (Å²) in [6, 6.07) is 8.24. The van der Waals surface area contributed by atoms with Crippen molar-refractivity contribution in [2.45, 2.75) is 43.4 Å². The molecule has 2 unspecified atom stereocenters. The van der Waals surface area contributed by atoms with Crippen molar-refractivity contribution in [1.29, 1.82) is 0 Å². The molecule has 3 aromatic rings. The van der Waals surface area contributed by atoms with Crippen LogP contribution in [-0.2, 0) is 16.6 Å². The standard InChI is InChI=1S/C24H19ClF4N2O4S/c1-12-23(13-5-6-13)35-15-8-7-14(18(9-15)34-12)11-31(20-4-2-3-19(28)30-20)36(32,33)24-17(27)10-16(26)21(25)22(24)29/h2-4,7-10,12-13,23H,5-6,11H2,1H3. The van der Waals surface area contributed by atoms with Gasteiger partial charge in [-0.05, 0) is 49.9 Å². The maximum Gasteiger partial charge on any atom is 0.271 e. The second-order valence-corrected chi connectivity index (χ2v) is 10.8. The summed E-state index contributed by atoms with van der Waals surface area (Å²) in [5, 5.41) is -1.20. The minimum atomic E-state index is -5.11. The van der Waals surface area contributed by atoms with Crippen LogP contribution >= 0.6 is 11.6 Å². The van der Waals surface area contributed by atoms with Crippen LogP contribution in [0.4, 0.5) is 23.4 Å². The molecule has 2 aromatic carbocycles. The van der Waals surface area contributed by atoms with Crippen LogP contribution in [0.15, 0.2) is 47.4 Å². The average Bonchev–Trinajstić information content (AvgIpc) is 3.65. The molecule has 2 bridgehead atoms. The molecule has 2 aliphatic rings. The number of hydrogen-bond acceptors (Lipinski definition) is 5. The van der Waals surface area contributed by atoms with E-state index in [4.69, 9.17) is 21.1 Å². The number of benzene rings is 2.